The summed E-state index contributed by atoms with van der Waals surface area (Å²) in [6.45, 7) is 3.77. The van der Waals surface area contributed by atoms with Gasteiger partial charge in [0.25, 0.3) is 0 Å². The van der Waals surface area contributed by atoms with Crippen molar-refractivity contribution in [2.75, 3.05) is 5.32 Å². The maximum atomic E-state index is 12.3. The van der Waals surface area contributed by atoms with Crippen LogP contribution in [-0.4, -0.2) is 27.4 Å². The highest BCUT2D eigenvalue weighted by atomic mass is 19.4. The molecular formula is C11H14F3N3O. The molecule has 0 aliphatic heterocycles. The molecule has 0 saturated heterocycles. The second kappa shape index (κ2) is 4.08. The molecule has 0 spiro atoms. The first-order valence-corrected chi connectivity index (χ1v) is 5.57. The monoisotopic (exact) mass is 261 g/mol. The van der Waals surface area contributed by atoms with Crippen molar-refractivity contribution in [2.45, 2.75) is 38.6 Å². The number of aromatic nitrogens is 2. The van der Waals surface area contributed by atoms with E-state index in [0.717, 1.165) is 6.07 Å². The van der Waals surface area contributed by atoms with Gasteiger partial charge in [0.15, 0.2) is 5.69 Å². The third-order valence-corrected chi connectivity index (χ3v) is 3.49. The van der Waals surface area contributed by atoms with Gasteiger partial charge >= 0.3 is 6.18 Å². The van der Waals surface area contributed by atoms with E-state index >= 15 is 0 Å². The normalized spacial score (nSPS) is 26.6. The maximum absolute atomic E-state index is 12.3. The van der Waals surface area contributed by atoms with E-state index in [1.165, 1.54) is 6.07 Å². The van der Waals surface area contributed by atoms with E-state index in [0.29, 0.717) is 6.42 Å². The Morgan fingerprint density at radius 2 is 2.00 bits per heavy atom. The molecule has 4 nitrogen and oxygen atoms in total. The van der Waals surface area contributed by atoms with Crippen molar-refractivity contribution in [3.05, 3.63) is 17.8 Å². The Morgan fingerprint density at radius 3 is 2.39 bits per heavy atom. The number of anilines is 1. The minimum absolute atomic E-state index is 0.0152. The van der Waals surface area contributed by atoms with Crippen LogP contribution in [-0.2, 0) is 6.18 Å². The Hall–Kier alpha value is -1.37. The van der Waals surface area contributed by atoms with Gasteiger partial charge in [-0.25, -0.2) is 0 Å². The number of hydrogen-bond donors (Lipinski definition) is 2. The van der Waals surface area contributed by atoms with Crippen molar-refractivity contribution >= 4 is 5.82 Å². The van der Waals surface area contributed by atoms with E-state index in [4.69, 9.17) is 0 Å². The largest absolute Gasteiger partial charge is 0.435 e. The number of alkyl halides is 3. The van der Waals surface area contributed by atoms with Gasteiger partial charge in [-0.05, 0) is 18.6 Å². The van der Waals surface area contributed by atoms with Crippen molar-refractivity contribution in [3.8, 4) is 0 Å². The van der Waals surface area contributed by atoms with Crippen LogP contribution in [0.15, 0.2) is 12.1 Å². The van der Waals surface area contributed by atoms with Gasteiger partial charge in [-0.1, -0.05) is 13.8 Å². The predicted molar refractivity (Wildman–Crippen MR) is 58.8 cm³/mol. The summed E-state index contributed by atoms with van der Waals surface area (Å²) in [4.78, 5) is 0. The molecule has 0 aromatic carbocycles. The average Bonchev–Trinajstić information content (AvgIpc) is 2.28. The summed E-state index contributed by atoms with van der Waals surface area (Å²) in [5, 5.41) is 19.1. The van der Waals surface area contributed by atoms with E-state index < -0.39 is 18.0 Å². The van der Waals surface area contributed by atoms with E-state index in [1.54, 1.807) is 0 Å². The zero-order valence-electron chi connectivity index (χ0n) is 9.99. The molecule has 2 atom stereocenters. The smallest absolute Gasteiger partial charge is 0.392 e. The molecule has 7 heteroatoms. The first-order chi connectivity index (χ1) is 8.21. The first kappa shape index (κ1) is 13.1. The van der Waals surface area contributed by atoms with Gasteiger partial charge in [0.2, 0.25) is 0 Å². The first-order valence-electron chi connectivity index (χ1n) is 5.57. The van der Waals surface area contributed by atoms with Crippen LogP contribution in [0.3, 0.4) is 0 Å². The Labute approximate surface area is 102 Å². The molecule has 0 bridgehead atoms. The molecule has 1 aliphatic rings. The summed E-state index contributed by atoms with van der Waals surface area (Å²) in [5.41, 5.74) is -1.33. The molecule has 2 unspecified atom stereocenters. The molecule has 1 saturated carbocycles. The molecule has 1 aromatic heterocycles. The number of aliphatic hydroxyl groups is 1. The lowest BCUT2D eigenvalue weighted by atomic mass is 9.64. The summed E-state index contributed by atoms with van der Waals surface area (Å²) in [6, 6.07) is 2.12. The second-order valence-corrected chi connectivity index (χ2v) is 5.07. The fourth-order valence-electron chi connectivity index (χ4n) is 1.89. The highest BCUT2D eigenvalue weighted by molar-refractivity contribution is 5.37. The third-order valence-electron chi connectivity index (χ3n) is 3.49. The summed E-state index contributed by atoms with van der Waals surface area (Å²) in [7, 11) is 0. The summed E-state index contributed by atoms with van der Waals surface area (Å²) in [5.74, 6) is 0.285. The van der Waals surface area contributed by atoms with Crippen LogP contribution in [0, 0.1) is 5.41 Å². The fourth-order valence-corrected chi connectivity index (χ4v) is 1.89. The molecule has 1 aliphatic carbocycles. The minimum Gasteiger partial charge on any atom is -0.392 e. The Bertz CT molecular complexity index is 430. The molecule has 1 fully saturated rings. The summed E-state index contributed by atoms with van der Waals surface area (Å²) < 4.78 is 36.8. The molecule has 1 heterocycles. The lowest BCUT2D eigenvalue weighted by Crippen LogP contribution is -2.57. The van der Waals surface area contributed by atoms with Gasteiger partial charge in [-0.3, -0.25) is 0 Å². The fraction of sp³-hybridized carbons (Fsp3) is 0.636. The molecule has 1 aromatic rings. The highest BCUT2D eigenvalue weighted by Crippen LogP contribution is 2.42. The molecule has 0 amide bonds. The van der Waals surface area contributed by atoms with Crippen LogP contribution < -0.4 is 5.32 Å². The van der Waals surface area contributed by atoms with Crippen LogP contribution in [0.5, 0.6) is 0 Å². The van der Waals surface area contributed by atoms with Crippen molar-refractivity contribution in [1.29, 1.82) is 0 Å². The van der Waals surface area contributed by atoms with Gasteiger partial charge in [0.05, 0.1) is 6.10 Å². The van der Waals surface area contributed by atoms with E-state index in [-0.39, 0.29) is 17.3 Å². The van der Waals surface area contributed by atoms with Crippen molar-refractivity contribution in [3.63, 3.8) is 0 Å². The molecular weight excluding hydrogens is 247 g/mol. The van der Waals surface area contributed by atoms with Gasteiger partial charge in [0, 0.05) is 11.5 Å². The van der Waals surface area contributed by atoms with Crippen molar-refractivity contribution in [1.82, 2.24) is 10.2 Å². The number of rotatable bonds is 2. The topological polar surface area (TPSA) is 58.0 Å². The predicted octanol–water partition coefficient (Wildman–Crippen LogP) is 2.07. The Morgan fingerprint density at radius 1 is 1.33 bits per heavy atom. The Kier molecular flexibility index (Phi) is 2.96. The average molecular weight is 261 g/mol. The Balaban J connectivity index is 2.04. The zero-order chi connectivity index (χ0) is 13.6. The minimum atomic E-state index is -4.47. The molecule has 2 rings (SSSR count). The van der Waals surface area contributed by atoms with E-state index in [2.05, 4.69) is 15.5 Å². The number of aliphatic hydroxyl groups excluding tert-OH is 1. The van der Waals surface area contributed by atoms with Crippen molar-refractivity contribution in [2.24, 2.45) is 5.41 Å². The van der Waals surface area contributed by atoms with Gasteiger partial charge in [0.1, 0.15) is 5.82 Å². The van der Waals surface area contributed by atoms with Crippen LogP contribution >= 0.6 is 0 Å². The van der Waals surface area contributed by atoms with E-state index in [1.807, 2.05) is 13.8 Å². The van der Waals surface area contributed by atoms with Crippen LogP contribution in [0.1, 0.15) is 26.0 Å². The van der Waals surface area contributed by atoms with Crippen LogP contribution in [0.25, 0.3) is 0 Å². The van der Waals surface area contributed by atoms with Gasteiger partial charge in [-0.2, -0.15) is 13.2 Å². The molecule has 100 valence electrons. The number of nitrogens with one attached hydrogen (secondary N) is 1. The molecule has 2 N–H and O–H groups in total. The van der Waals surface area contributed by atoms with Crippen LogP contribution in [0.4, 0.5) is 19.0 Å². The second-order valence-electron chi connectivity index (χ2n) is 5.07. The van der Waals surface area contributed by atoms with Gasteiger partial charge < -0.3 is 10.4 Å². The zero-order valence-corrected chi connectivity index (χ0v) is 9.99. The number of halogens is 3. The van der Waals surface area contributed by atoms with Crippen LogP contribution in [0.2, 0.25) is 0 Å². The SMILES string of the molecule is CC1(C)C(O)CC1Nc1ccc(C(F)(F)F)nn1. The van der Waals surface area contributed by atoms with Crippen molar-refractivity contribution < 1.29 is 18.3 Å². The summed E-state index contributed by atoms with van der Waals surface area (Å²) in [6.07, 6.45) is -4.33. The molecule has 0 radical (unpaired) electrons. The van der Waals surface area contributed by atoms with Gasteiger partial charge in [-0.15, -0.1) is 10.2 Å². The number of hydrogen-bond acceptors (Lipinski definition) is 4. The van der Waals surface area contributed by atoms with E-state index in [9.17, 15) is 18.3 Å². The third kappa shape index (κ3) is 2.27. The summed E-state index contributed by atoms with van der Waals surface area (Å²) >= 11 is 0. The lowest BCUT2D eigenvalue weighted by molar-refractivity contribution is -0.141. The quantitative estimate of drug-likeness (QED) is 0.855. The standard InChI is InChI=1S/C11H14F3N3O/c1-10(2)7(5-8(10)18)15-9-4-3-6(16-17-9)11(12,13)14/h3-4,7-8,18H,5H2,1-2H3,(H,15,17). The molecule has 18 heavy (non-hydrogen) atoms. The number of nitrogens with zero attached hydrogens (tertiary/aromatic N) is 2. The maximum Gasteiger partial charge on any atom is 0.435 e. The highest BCUT2D eigenvalue weighted by Gasteiger charge is 2.47. The lowest BCUT2D eigenvalue weighted by Gasteiger charge is -2.49.